The zero-order valence-electron chi connectivity index (χ0n) is 49.6. The Labute approximate surface area is 525 Å². The maximum Gasteiger partial charge on any atom is 0.364 e. The number of ether oxygens (including phenoxy) is 13. The largest absolute Gasteiger partial charge is 0.477 e. The molecule has 36 atom stereocenters. The van der Waals surface area contributed by atoms with Crippen LogP contribution < -0.4 is 16.0 Å². The number of nitrogens with one attached hydrogen (secondary N) is 3. The lowest BCUT2D eigenvalue weighted by atomic mass is 9.88. The van der Waals surface area contributed by atoms with Gasteiger partial charge in [-0.3, -0.25) is 14.4 Å². The molecule has 2 unspecified atom stereocenters. The molecule has 0 saturated carbocycles. The van der Waals surface area contributed by atoms with Crippen LogP contribution in [0.4, 0.5) is 0 Å². The summed E-state index contributed by atoms with van der Waals surface area (Å²) in [6, 6.07) is -5.33. The van der Waals surface area contributed by atoms with Gasteiger partial charge in [-0.05, 0) is 0 Å². The second kappa shape index (κ2) is 32.9. The second-order valence-corrected chi connectivity index (χ2v) is 23.3. The molecular weight excluding hydrogens is 1280 g/mol. The summed E-state index contributed by atoms with van der Waals surface area (Å²) in [5, 5.41) is 245. The summed E-state index contributed by atoms with van der Waals surface area (Å²) in [6.45, 7) is -4.61. The van der Waals surface area contributed by atoms with Gasteiger partial charge in [-0.15, -0.1) is 0 Å². The number of hydrogen-bond acceptors (Lipinski definition) is 38. The highest BCUT2D eigenvalue weighted by Gasteiger charge is 2.60. The van der Waals surface area contributed by atoms with Gasteiger partial charge in [0.2, 0.25) is 17.7 Å². The van der Waals surface area contributed by atoms with E-state index in [1.54, 1.807) is 0 Å². The van der Waals surface area contributed by atoms with Crippen LogP contribution in [0.3, 0.4) is 0 Å². The van der Waals surface area contributed by atoms with E-state index in [4.69, 9.17) is 61.6 Å². The molecule has 25 N–H and O–H groups in total. The van der Waals surface area contributed by atoms with Gasteiger partial charge in [-0.1, -0.05) is 0 Å². The third-order valence-electron chi connectivity index (χ3n) is 16.7. The summed E-state index contributed by atoms with van der Waals surface area (Å²) in [4.78, 5) is 50.5. The maximum absolute atomic E-state index is 12.9. The monoisotopic (exact) mass is 1360 g/mol. The maximum atomic E-state index is 12.9. The minimum absolute atomic E-state index is 0.809. The van der Waals surface area contributed by atoms with Gasteiger partial charge in [0.15, 0.2) is 37.7 Å². The van der Waals surface area contributed by atoms with Crippen LogP contribution in [0.25, 0.3) is 0 Å². The Kier molecular flexibility index (Phi) is 27.2. The van der Waals surface area contributed by atoms with Crippen molar-refractivity contribution in [3.05, 3.63) is 0 Å². The summed E-state index contributed by atoms with van der Waals surface area (Å²) in [6.07, 6.45) is -66.7. The van der Waals surface area contributed by atoms with Crippen LogP contribution >= 0.6 is 0 Å². The first-order valence-electron chi connectivity index (χ1n) is 29.2. The molecule has 0 aromatic heterocycles. The van der Waals surface area contributed by atoms with Crippen LogP contribution in [0.1, 0.15) is 27.2 Å². The Morgan fingerprint density at radius 2 is 0.871 bits per heavy atom. The number of amides is 3. The van der Waals surface area contributed by atoms with Crippen molar-refractivity contribution in [2.45, 2.75) is 248 Å². The second-order valence-electron chi connectivity index (χ2n) is 23.3. The van der Waals surface area contributed by atoms with Gasteiger partial charge in [-0.25, -0.2) is 4.79 Å². The van der Waals surface area contributed by atoms with Gasteiger partial charge in [0.1, 0.15) is 165 Å². The number of hydrogen-bond donors (Lipinski definition) is 25. The summed E-state index contributed by atoms with van der Waals surface area (Å²) in [5.41, 5.74) is 0. The van der Waals surface area contributed by atoms with Gasteiger partial charge in [0.25, 0.3) is 5.79 Å². The number of rotatable bonds is 25. The highest BCUT2D eigenvalue weighted by atomic mass is 16.8. The lowest BCUT2D eigenvalue weighted by molar-refractivity contribution is -0.383. The van der Waals surface area contributed by atoms with Crippen molar-refractivity contribution in [2.24, 2.45) is 0 Å². The third kappa shape index (κ3) is 17.0. The highest BCUT2D eigenvalue weighted by Crippen LogP contribution is 2.39. The number of carboxylic acid groups (broad SMARTS) is 1. The van der Waals surface area contributed by atoms with E-state index in [9.17, 15) is 132 Å². The van der Waals surface area contributed by atoms with E-state index in [-0.39, 0.29) is 0 Å². The Balaban J connectivity index is 1.13. The third-order valence-corrected chi connectivity index (χ3v) is 16.7. The fraction of sp³-hybridized carbons (Fsp3) is 0.922. The summed E-state index contributed by atoms with van der Waals surface area (Å²) < 4.78 is 74.8. The van der Waals surface area contributed by atoms with Gasteiger partial charge in [0.05, 0.1) is 58.4 Å². The smallest absolute Gasteiger partial charge is 0.364 e. The average molecular weight is 1360 g/mol. The molecule has 7 saturated heterocycles. The van der Waals surface area contributed by atoms with E-state index in [1.165, 1.54) is 0 Å². The van der Waals surface area contributed by atoms with Crippen molar-refractivity contribution >= 4 is 23.7 Å². The number of aliphatic hydroxyl groups excluding tert-OH is 21. The van der Waals surface area contributed by atoms with E-state index >= 15 is 0 Å². The molecule has 0 aromatic carbocycles. The summed E-state index contributed by atoms with van der Waals surface area (Å²) >= 11 is 0. The molecule has 7 fully saturated rings. The molecule has 0 aliphatic carbocycles. The van der Waals surface area contributed by atoms with Crippen LogP contribution in [-0.4, -0.2) is 403 Å². The van der Waals surface area contributed by atoms with Crippen LogP contribution in [0.2, 0.25) is 0 Å². The molecule has 7 rings (SSSR count). The molecule has 7 aliphatic rings. The Hall–Kier alpha value is -3.48. The van der Waals surface area contributed by atoms with E-state index in [0.29, 0.717) is 0 Å². The van der Waals surface area contributed by atoms with E-state index in [0.717, 1.165) is 20.8 Å². The van der Waals surface area contributed by atoms with Gasteiger partial charge in [-0.2, -0.15) is 0 Å². The Morgan fingerprint density at radius 1 is 0.441 bits per heavy atom. The van der Waals surface area contributed by atoms with E-state index in [2.05, 4.69) is 16.0 Å². The molecule has 42 heteroatoms. The standard InChI is InChI=1S/C51H85N3O39/c1-12(60)52-23-15(63)4-51(50(79)80,93-42(23)26(65)16(64)5-55)82-11-22-28(67)33(72)37(76)48(88-22)89-39-20(9-59)86-45(24(31(39)70)53-13(2)61)81-10-21-30(69)43(38(77)49(87-21)90-40-19(8-58)83-44(78)35(74)34(40)73)92-46-25(54-14(3)62)41(29(68)18(7-57)84-46)91-47-36(75)32(71)27(66)17(6-56)85-47/h15-49,55-59,63-78H,4-11H2,1-3H3,(H,52,60)(H,53,61)(H,54,62)(H,79,80)/t15-,16+,17+,18+,19+,20+,21+,22+,23+,24+,25+,26+,27-,28-,29+,30-,31+,32-,33-,34+,35+,36+,37+,38+,39+,40+,41+,42+,43-,44?,45+,46?,47-,48-,49-,51+/m0/s1. The molecule has 42 nitrogen and oxygen atoms in total. The molecule has 93 heavy (non-hydrogen) atoms. The van der Waals surface area contributed by atoms with Crippen molar-refractivity contribution in [3.8, 4) is 0 Å². The lowest BCUT2D eigenvalue weighted by Gasteiger charge is -2.50. The number of carbonyl (C=O) groups is 4. The van der Waals surface area contributed by atoms with Crippen molar-refractivity contribution < 1.29 is 193 Å². The molecule has 3 amide bonds. The Bertz CT molecular complexity index is 2410. The molecular formula is C51H85N3O39. The average Bonchev–Trinajstić information content (AvgIpc) is 0.791. The first kappa shape index (κ1) is 76.9. The van der Waals surface area contributed by atoms with Crippen LogP contribution in [-0.2, 0) is 80.8 Å². The van der Waals surface area contributed by atoms with Crippen molar-refractivity contribution in [3.63, 3.8) is 0 Å². The molecule has 0 radical (unpaired) electrons. The van der Waals surface area contributed by atoms with E-state index < -0.39 is 297 Å². The minimum atomic E-state index is -3.02. The van der Waals surface area contributed by atoms with Crippen molar-refractivity contribution in [1.82, 2.24) is 16.0 Å². The fourth-order valence-corrected chi connectivity index (χ4v) is 11.7. The fourth-order valence-electron chi connectivity index (χ4n) is 11.7. The van der Waals surface area contributed by atoms with Crippen LogP contribution in [0.5, 0.6) is 0 Å². The van der Waals surface area contributed by atoms with Gasteiger partial charge < -0.3 is 190 Å². The lowest BCUT2D eigenvalue weighted by Crippen LogP contribution is -2.70. The molecule has 0 bridgehead atoms. The zero-order chi connectivity index (χ0) is 69.0. The minimum Gasteiger partial charge on any atom is -0.477 e. The van der Waals surface area contributed by atoms with Crippen molar-refractivity contribution in [1.29, 1.82) is 0 Å². The van der Waals surface area contributed by atoms with E-state index in [1.807, 2.05) is 0 Å². The first-order valence-corrected chi connectivity index (χ1v) is 29.2. The molecule has 538 valence electrons. The number of carbonyl (C=O) groups excluding carboxylic acids is 3. The number of aliphatic hydroxyl groups is 21. The highest BCUT2D eigenvalue weighted by molar-refractivity contribution is 5.77. The number of aliphatic carboxylic acids is 1. The van der Waals surface area contributed by atoms with Gasteiger partial charge in [0, 0.05) is 27.2 Å². The Morgan fingerprint density at radius 3 is 1.41 bits per heavy atom. The SMILES string of the molecule is CC(=O)N[C@H]1[C@H](OC[C@H]2O[C@@H](O[C@H]3[C@H](O)[C@@H](O)C(O)O[C@@H]3CO)[C@H](O)[C@@H](OC3O[C@H](CO)[C@@H](O)[C@H](O[C@@H]4O[C@H](CO)[C@H](O)[C@H](O)[C@H]4O)[C@H]3NC(C)=O)[C@H]2O)O[C@H](CO)[C@@H](O[C@@H]2O[C@H](CO[C@]3(C(=O)O)C[C@H](O)[C@@H](NC(C)=O)[C@H]([C@H](O)[C@H](O)CO)O3)[C@H](O)[C@H](O)[C@H]2O)[C@@H]1O. The van der Waals surface area contributed by atoms with Crippen LogP contribution in [0, 0.1) is 0 Å². The molecule has 0 spiro atoms. The van der Waals surface area contributed by atoms with Crippen molar-refractivity contribution in [2.75, 3.05) is 46.2 Å². The zero-order valence-corrected chi connectivity index (χ0v) is 49.6. The topological polar surface area (TPSA) is 669 Å². The normalized spacial score (nSPS) is 47.2. The first-order chi connectivity index (χ1) is 43.8. The quantitative estimate of drug-likeness (QED) is 0.0404. The molecule has 7 heterocycles. The number of carboxylic acids is 1. The molecule has 0 aromatic rings. The van der Waals surface area contributed by atoms with Crippen LogP contribution in [0.15, 0.2) is 0 Å². The van der Waals surface area contributed by atoms with Gasteiger partial charge >= 0.3 is 5.97 Å². The molecule has 7 aliphatic heterocycles. The summed E-state index contributed by atoms with van der Waals surface area (Å²) in [7, 11) is 0. The predicted octanol–water partition coefficient (Wildman–Crippen LogP) is -16.6. The predicted molar refractivity (Wildman–Crippen MR) is 284 cm³/mol. The summed E-state index contributed by atoms with van der Waals surface area (Å²) in [5.74, 6) is -7.66.